The van der Waals surface area contributed by atoms with Crippen LogP contribution >= 0.6 is 0 Å². The molecule has 0 bridgehead atoms. The van der Waals surface area contributed by atoms with E-state index in [0.717, 1.165) is 11.9 Å². The molecule has 1 saturated heterocycles. The number of sulfone groups is 1. The number of aromatic nitrogens is 3. The monoisotopic (exact) mass is 465 g/mol. The Morgan fingerprint density at radius 2 is 1.94 bits per heavy atom. The summed E-state index contributed by atoms with van der Waals surface area (Å²) in [6.45, 7) is 3.54. The SMILES string of the molecule is CC1(COc2ccc(S(C)(=O)=O)cc2C(=O)c2c3cncc-3[nH]n2-c2ccccc2)COC1. The number of nitrogens with zero attached hydrogens (tertiary/aromatic N) is 2. The Morgan fingerprint density at radius 1 is 1.18 bits per heavy atom. The van der Waals surface area contributed by atoms with Crippen LogP contribution in [0.2, 0.25) is 0 Å². The van der Waals surface area contributed by atoms with E-state index in [2.05, 4.69) is 10.1 Å². The molecule has 8 nitrogen and oxygen atoms in total. The van der Waals surface area contributed by atoms with Crippen molar-refractivity contribution in [2.45, 2.75) is 11.8 Å². The van der Waals surface area contributed by atoms with E-state index < -0.39 is 9.84 Å². The van der Waals surface area contributed by atoms with Crippen molar-refractivity contribution < 1.29 is 22.7 Å². The van der Waals surface area contributed by atoms with Crippen molar-refractivity contribution in [2.75, 3.05) is 26.1 Å². The third-order valence-corrected chi connectivity index (χ3v) is 6.85. The lowest BCUT2D eigenvalue weighted by Crippen LogP contribution is -2.44. The summed E-state index contributed by atoms with van der Waals surface area (Å²) in [5.74, 6) is -0.0392. The quantitative estimate of drug-likeness (QED) is 0.420. The number of aromatic amines is 1. The summed E-state index contributed by atoms with van der Waals surface area (Å²) in [6.07, 6.45) is 4.38. The van der Waals surface area contributed by atoms with Gasteiger partial charge < -0.3 is 9.47 Å². The first-order chi connectivity index (χ1) is 15.8. The Kier molecular flexibility index (Phi) is 5.10. The second-order valence-electron chi connectivity index (χ2n) is 8.72. The third kappa shape index (κ3) is 3.94. The van der Waals surface area contributed by atoms with Crippen LogP contribution in [0.3, 0.4) is 0 Å². The van der Waals surface area contributed by atoms with Crippen LogP contribution in [0.5, 0.6) is 5.75 Å². The molecule has 2 aromatic rings. The molecule has 0 unspecified atom stereocenters. The number of ether oxygens (including phenoxy) is 2. The van der Waals surface area contributed by atoms with Crippen LogP contribution in [-0.2, 0) is 14.6 Å². The molecule has 0 saturated carbocycles. The molecule has 0 amide bonds. The Hall–Kier alpha value is -3.43. The van der Waals surface area contributed by atoms with Gasteiger partial charge in [-0.3, -0.25) is 19.6 Å². The number of benzene rings is 2. The van der Waals surface area contributed by atoms with Crippen molar-refractivity contribution in [3.8, 4) is 22.7 Å². The molecule has 33 heavy (non-hydrogen) atoms. The molecule has 2 aromatic carbocycles. The van der Waals surface area contributed by atoms with Gasteiger partial charge in [0.05, 0.1) is 47.9 Å². The van der Waals surface area contributed by atoms with Crippen molar-refractivity contribution >= 4 is 15.6 Å². The van der Waals surface area contributed by atoms with Crippen LogP contribution < -0.4 is 4.74 Å². The average molecular weight is 466 g/mol. The van der Waals surface area contributed by atoms with Crippen LogP contribution in [0.4, 0.5) is 0 Å². The van der Waals surface area contributed by atoms with E-state index in [1.807, 2.05) is 37.3 Å². The van der Waals surface area contributed by atoms with Gasteiger partial charge in [-0.05, 0) is 30.3 Å². The number of carbonyl (C=O) groups excluding carboxylic acids is 1. The van der Waals surface area contributed by atoms with Crippen molar-refractivity contribution in [1.82, 2.24) is 14.8 Å². The third-order valence-electron chi connectivity index (χ3n) is 5.74. The van der Waals surface area contributed by atoms with Crippen molar-refractivity contribution in [2.24, 2.45) is 5.41 Å². The molecule has 0 spiro atoms. The first-order valence-electron chi connectivity index (χ1n) is 10.4. The maximum absolute atomic E-state index is 14.0. The van der Waals surface area contributed by atoms with E-state index in [1.165, 1.54) is 12.1 Å². The molecule has 0 atom stereocenters. The summed E-state index contributed by atoms with van der Waals surface area (Å²) in [5.41, 5.74) is 2.48. The molecule has 170 valence electrons. The van der Waals surface area contributed by atoms with Gasteiger partial charge in [-0.1, -0.05) is 25.1 Å². The Morgan fingerprint density at radius 3 is 2.61 bits per heavy atom. The minimum absolute atomic E-state index is 0.0510. The lowest BCUT2D eigenvalue weighted by atomic mass is 9.90. The highest BCUT2D eigenvalue weighted by Gasteiger charge is 2.35. The first-order valence-corrected chi connectivity index (χ1v) is 12.3. The number of fused-ring (bicyclic) bond motifs is 1. The maximum atomic E-state index is 14.0. The van der Waals surface area contributed by atoms with Crippen LogP contribution in [0.25, 0.3) is 16.9 Å². The van der Waals surface area contributed by atoms with Crippen LogP contribution in [-0.4, -0.2) is 55.0 Å². The molecule has 0 aliphatic carbocycles. The predicted molar refractivity (Wildman–Crippen MR) is 122 cm³/mol. The lowest BCUT2D eigenvalue weighted by molar-refractivity contribution is -0.120. The normalized spacial score (nSPS) is 15.3. The largest absolute Gasteiger partial charge is 0.492 e. The number of nitrogens with one attached hydrogen (secondary N) is 1. The Bertz CT molecular complexity index is 1400. The van der Waals surface area contributed by atoms with E-state index in [4.69, 9.17) is 9.47 Å². The number of hydrogen-bond acceptors (Lipinski definition) is 6. The number of hydrogen-bond donors (Lipinski definition) is 1. The van der Waals surface area contributed by atoms with Gasteiger partial charge in [0.25, 0.3) is 0 Å². The zero-order chi connectivity index (χ0) is 23.2. The number of ketones is 1. The molecule has 3 aliphatic heterocycles. The van der Waals surface area contributed by atoms with Crippen LogP contribution in [0.15, 0.2) is 65.8 Å². The minimum Gasteiger partial charge on any atom is -0.492 e. The highest BCUT2D eigenvalue weighted by atomic mass is 32.2. The molecule has 1 fully saturated rings. The van der Waals surface area contributed by atoms with Gasteiger partial charge in [-0.15, -0.1) is 0 Å². The summed E-state index contributed by atoms with van der Waals surface area (Å²) in [7, 11) is -3.53. The first kappa shape index (κ1) is 21.4. The topological polar surface area (TPSA) is 103 Å². The van der Waals surface area contributed by atoms with Gasteiger partial charge in [0, 0.05) is 23.4 Å². The molecule has 1 N–H and O–H groups in total. The molecule has 3 aliphatic rings. The number of rotatable bonds is 7. The molecular weight excluding hydrogens is 442 g/mol. The molecule has 5 rings (SSSR count). The standard InChI is InChI=1S/C24H23N3O5S/c1-24(13-31-14-24)15-32-21-9-8-17(33(2,29)30)10-18(21)23(28)22-19-11-25-12-20(19)26-27(22)16-6-4-3-5-7-16/h3-12,26H,13-15H2,1-2H3. The van der Waals surface area contributed by atoms with Gasteiger partial charge in [-0.25, -0.2) is 8.42 Å². The van der Waals surface area contributed by atoms with E-state index in [-0.39, 0.29) is 21.7 Å². The van der Waals surface area contributed by atoms with Crippen molar-refractivity contribution in [1.29, 1.82) is 0 Å². The fourth-order valence-electron chi connectivity index (χ4n) is 3.85. The zero-order valence-electron chi connectivity index (χ0n) is 18.2. The molecular formula is C24H23N3O5S. The number of para-hydroxylation sites is 1. The van der Waals surface area contributed by atoms with Crippen LogP contribution in [0.1, 0.15) is 23.0 Å². The van der Waals surface area contributed by atoms with Gasteiger partial charge in [0.1, 0.15) is 11.4 Å². The van der Waals surface area contributed by atoms with E-state index in [1.54, 1.807) is 23.1 Å². The van der Waals surface area contributed by atoms with E-state index in [9.17, 15) is 13.2 Å². The van der Waals surface area contributed by atoms with Crippen molar-refractivity contribution in [3.63, 3.8) is 0 Å². The summed E-state index contributed by atoms with van der Waals surface area (Å²) >= 11 is 0. The summed E-state index contributed by atoms with van der Waals surface area (Å²) in [5, 5.41) is 3.21. The molecule has 0 aromatic heterocycles. The fourth-order valence-corrected chi connectivity index (χ4v) is 4.50. The summed E-state index contributed by atoms with van der Waals surface area (Å²) in [6, 6.07) is 13.8. The van der Waals surface area contributed by atoms with Gasteiger partial charge in [0.2, 0.25) is 5.78 Å². The molecule has 0 radical (unpaired) electrons. The number of carbonyl (C=O) groups is 1. The molecule has 9 heteroatoms. The zero-order valence-corrected chi connectivity index (χ0v) is 19.1. The summed E-state index contributed by atoms with van der Waals surface area (Å²) in [4.78, 5) is 18.2. The smallest absolute Gasteiger partial charge is 0.215 e. The molecule has 3 heterocycles. The fraction of sp³-hybridized carbons (Fsp3) is 0.250. The number of H-pyrrole nitrogens is 1. The highest BCUT2D eigenvalue weighted by Crippen LogP contribution is 2.34. The highest BCUT2D eigenvalue weighted by molar-refractivity contribution is 7.90. The van der Waals surface area contributed by atoms with Gasteiger partial charge >= 0.3 is 0 Å². The second-order valence-corrected chi connectivity index (χ2v) is 10.7. The predicted octanol–water partition coefficient (Wildman–Crippen LogP) is 3.36. The Labute approximate surface area is 191 Å². The van der Waals surface area contributed by atoms with Gasteiger partial charge in [0.15, 0.2) is 9.84 Å². The Balaban J connectivity index is 1.63. The van der Waals surface area contributed by atoms with Gasteiger partial charge in [-0.2, -0.15) is 0 Å². The minimum atomic E-state index is -3.53. The van der Waals surface area contributed by atoms with E-state index in [0.29, 0.717) is 42.5 Å². The second kappa shape index (κ2) is 7.86. The van der Waals surface area contributed by atoms with Crippen molar-refractivity contribution in [3.05, 3.63) is 72.2 Å². The average Bonchev–Trinajstić information content (AvgIpc) is 3.37. The van der Waals surface area contributed by atoms with E-state index >= 15 is 0 Å². The summed E-state index contributed by atoms with van der Waals surface area (Å²) < 4.78 is 37.5. The maximum Gasteiger partial charge on any atom is 0.215 e. The van der Waals surface area contributed by atoms with Crippen LogP contribution in [0, 0.1) is 5.41 Å². The lowest BCUT2D eigenvalue weighted by Gasteiger charge is -2.37.